The summed E-state index contributed by atoms with van der Waals surface area (Å²) in [5, 5.41) is 12.9. The number of halogens is 2. The number of hydrogen-bond donors (Lipinski definition) is 1. The van der Waals surface area contributed by atoms with Gasteiger partial charge in [-0.15, -0.1) is 0 Å². The van der Waals surface area contributed by atoms with E-state index in [1.165, 1.54) is 12.1 Å². The molecule has 1 N–H and O–H groups in total. The van der Waals surface area contributed by atoms with Crippen molar-refractivity contribution in [3.05, 3.63) is 61.0 Å². The third-order valence-electron chi connectivity index (χ3n) is 4.38. The highest BCUT2D eigenvalue weighted by molar-refractivity contribution is 8.18. The van der Waals surface area contributed by atoms with Gasteiger partial charge in [-0.1, -0.05) is 23.2 Å². The second-order valence-electron chi connectivity index (χ2n) is 6.47. The van der Waals surface area contributed by atoms with Crippen LogP contribution in [-0.4, -0.2) is 40.2 Å². The zero-order valence-corrected chi connectivity index (χ0v) is 18.1. The van der Waals surface area contributed by atoms with Crippen LogP contribution in [0.1, 0.15) is 5.56 Å². The lowest BCUT2D eigenvalue weighted by Gasteiger charge is -2.12. The molecular weight excluding hydrogens is 485 g/mol. The molecule has 0 atom stereocenters. The summed E-state index contributed by atoms with van der Waals surface area (Å²) < 4.78 is 10.4. The van der Waals surface area contributed by atoms with Crippen LogP contribution in [0.25, 0.3) is 6.08 Å². The molecule has 0 spiro atoms. The Hall–Kier alpha value is -3.28. The van der Waals surface area contributed by atoms with Crippen LogP contribution >= 0.6 is 35.0 Å². The molecule has 2 heterocycles. The minimum atomic E-state index is -0.727. The smallest absolute Gasteiger partial charge is 0.294 e. The number of anilines is 1. The quantitative estimate of drug-likeness (QED) is 0.369. The van der Waals surface area contributed by atoms with Crippen LogP contribution in [0.15, 0.2) is 35.2 Å². The molecule has 13 heteroatoms. The third-order valence-corrected chi connectivity index (χ3v) is 5.92. The Morgan fingerprint density at radius 2 is 1.94 bits per heavy atom. The van der Waals surface area contributed by atoms with Crippen molar-refractivity contribution in [2.45, 2.75) is 0 Å². The molecule has 0 aromatic heterocycles. The summed E-state index contributed by atoms with van der Waals surface area (Å²) in [7, 11) is 0. The second-order valence-corrected chi connectivity index (χ2v) is 8.27. The molecule has 4 rings (SSSR count). The summed E-state index contributed by atoms with van der Waals surface area (Å²) in [6, 6.07) is 7.05. The summed E-state index contributed by atoms with van der Waals surface area (Å²) in [4.78, 5) is 48.4. The zero-order chi connectivity index (χ0) is 23.0. The van der Waals surface area contributed by atoms with Crippen LogP contribution in [0.5, 0.6) is 11.5 Å². The first kappa shape index (κ1) is 21.9. The fraction of sp³-hybridized carbons (Fsp3) is 0.105. The van der Waals surface area contributed by atoms with E-state index >= 15 is 0 Å². The molecular formula is C19H11Cl2N3O7S. The minimum Gasteiger partial charge on any atom is -0.454 e. The number of imide groups is 1. The van der Waals surface area contributed by atoms with Crippen LogP contribution < -0.4 is 14.8 Å². The van der Waals surface area contributed by atoms with Crippen molar-refractivity contribution in [2.75, 3.05) is 18.7 Å². The summed E-state index contributed by atoms with van der Waals surface area (Å²) in [6.45, 7) is -0.443. The molecule has 2 aromatic rings. The number of fused-ring (bicyclic) bond motifs is 1. The average Bonchev–Trinajstić information content (AvgIpc) is 3.29. The van der Waals surface area contributed by atoms with Crippen molar-refractivity contribution in [1.82, 2.24) is 4.90 Å². The Bertz CT molecular complexity index is 1220. The maximum atomic E-state index is 12.7. The van der Waals surface area contributed by atoms with Crippen LogP contribution in [-0.2, 0) is 9.59 Å². The highest BCUT2D eigenvalue weighted by atomic mass is 35.5. The van der Waals surface area contributed by atoms with Gasteiger partial charge >= 0.3 is 0 Å². The van der Waals surface area contributed by atoms with Crippen molar-refractivity contribution in [2.24, 2.45) is 0 Å². The van der Waals surface area contributed by atoms with Crippen molar-refractivity contribution >= 4 is 69.5 Å². The first-order valence-corrected chi connectivity index (χ1v) is 10.4. The lowest BCUT2D eigenvalue weighted by atomic mass is 10.2. The number of nitrogens with one attached hydrogen (secondary N) is 1. The maximum absolute atomic E-state index is 12.7. The van der Waals surface area contributed by atoms with Crippen molar-refractivity contribution in [3.8, 4) is 11.5 Å². The highest BCUT2D eigenvalue weighted by Crippen LogP contribution is 2.37. The van der Waals surface area contributed by atoms with Crippen LogP contribution in [0.4, 0.5) is 16.2 Å². The molecule has 0 saturated carbocycles. The number of nitro groups is 1. The topological polar surface area (TPSA) is 128 Å². The predicted octanol–water partition coefficient (Wildman–Crippen LogP) is 4.31. The first-order chi connectivity index (χ1) is 15.2. The number of benzene rings is 2. The van der Waals surface area contributed by atoms with Gasteiger partial charge in [0, 0.05) is 28.4 Å². The maximum Gasteiger partial charge on any atom is 0.294 e. The normalized spacial score (nSPS) is 16.1. The Labute approximate surface area is 194 Å². The lowest BCUT2D eigenvalue weighted by Crippen LogP contribution is -2.36. The molecule has 1 fully saturated rings. The number of hydrogen-bond acceptors (Lipinski definition) is 8. The van der Waals surface area contributed by atoms with E-state index in [0.717, 1.165) is 11.0 Å². The molecule has 0 radical (unpaired) electrons. The van der Waals surface area contributed by atoms with Gasteiger partial charge in [0.1, 0.15) is 11.6 Å². The standard InChI is InChI=1S/C19H11Cl2N3O7S/c20-11-6-12(21)13(24(28)29)3-9(11)4-16-18(26)23(19(27)32-16)7-17(25)22-10-1-2-14-15(5-10)31-8-30-14/h1-6H,7-8H2,(H,22,25)/b16-4-. The summed E-state index contributed by atoms with van der Waals surface area (Å²) in [5.74, 6) is -0.326. The van der Waals surface area contributed by atoms with Crippen molar-refractivity contribution in [3.63, 3.8) is 0 Å². The van der Waals surface area contributed by atoms with Gasteiger partial charge in [-0.05, 0) is 36.0 Å². The van der Waals surface area contributed by atoms with E-state index in [2.05, 4.69) is 5.32 Å². The number of thioether (sulfide) groups is 1. The van der Waals surface area contributed by atoms with Crippen molar-refractivity contribution in [1.29, 1.82) is 0 Å². The molecule has 0 bridgehead atoms. The van der Waals surface area contributed by atoms with Gasteiger partial charge < -0.3 is 14.8 Å². The number of carbonyl (C=O) groups is 3. The number of carbonyl (C=O) groups excluding carboxylic acids is 3. The molecule has 3 amide bonds. The van der Waals surface area contributed by atoms with E-state index in [0.29, 0.717) is 28.9 Å². The molecule has 1 saturated heterocycles. The van der Waals surface area contributed by atoms with Gasteiger partial charge in [-0.3, -0.25) is 29.4 Å². The Morgan fingerprint density at radius 1 is 1.19 bits per heavy atom. The van der Waals surface area contributed by atoms with E-state index < -0.39 is 34.2 Å². The Kier molecular flexibility index (Phi) is 5.96. The molecule has 0 unspecified atom stereocenters. The Balaban J connectivity index is 1.49. The van der Waals surface area contributed by atoms with Crippen LogP contribution in [0, 0.1) is 10.1 Å². The third kappa shape index (κ3) is 4.35. The first-order valence-electron chi connectivity index (χ1n) is 8.81. The molecule has 2 aromatic carbocycles. The zero-order valence-electron chi connectivity index (χ0n) is 15.8. The van der Waals surface area contributed by atoms with E-state index in [9.17, 15) is 24.5 Å². The van der Waals surface area contributed by atoms with Gasteiger partial charge in [-0.2, -0.15) is 0 Å². The lowest BCUT2D eigenvalue weighted by molar-refractivity contribution is -0.384. The average molecular weight is 496 g/mol. The molecule has 164 valence electrons. The SMILES string of the molecule is O=C(CN1C(=O)S/C(=C\c2cc([N+](=O)[O-])c(Cl)cc2Cl)C1=O)Nc1ccc2c(c1)OCO2. The van der Waals surface area contributed by atoms with Crippen molar-refractivity contribution < 1.29 is 28.8 Å². The molecule has 32 heavy (non-hydrogen) atoms. The molecule has 10 nitrogen and oxygen atoms in total. The monoisotopic (exact) mass is 495 g/mol. The largest absolute Gasteiger partial charge is 0.454 e. The molecule has 0 aliphatic carbocycles. The number of nitro benzene ring substituents is 1. The van der Waals surface area contributed by atoms with Gasteiger partial charge in [-0.25, -0.2) is 0 Å². The fourth-order valence-corrected chi connectivity index (χ4v) is 4.24. The van der Waals surface area contributed by atoms with Gasteiger partial charge in [0.25, 0.3) is 16.8 Å². The molecule has 2 aliphatic rings. The number of amides is 3. The van der Waals surface area contributed by atoms with E-state index in [1.54, 1.807) is 18.2 Å². The minimum absolute atomic E-state index is 0.0376. The van der Waals surface area contributed by atoms with E-state index in [4.69, 9.17) is 32.7 Å². The van der Waals surface area contributed by atoms with E-state index in [-0.39, 0.29) is 27.3 Å². The van der Waals surface area contributed by atoms with Gasteiger partial charge in [0.05, 0.1) is 9.83 Å². The second kappa shape index (κ2) is 8.69. The number of ether oxygens (including phenoxy) is 2. The van der Waals surface area contributed by atoms with Crippen LogP contribution in [0.3, 0.4) is 0 Å². The highest BCUT2D eigenvalue weighted by Gasteiger charge is 2.36. The van der Waals surface area contributed by atoms with Gasteiger partial charge in [0.2, 0.25) is 12.7 Å². The molecule has 2 aliphatic heterocycles. The predicted molar refractivity (Wildman–Crippen MR) is 117 cm³/mol. The summed E-state index contributed by atoms with van der Waals surface area (Å²) >= 11 is 12.5. The number of nitrogens with zero attached hydrogens (tertiary/aromatic N) is 2. The summed E-state index contributed by atoms with van der Waals surface area (Å²) in [6.07, 6.45) is 1.24. The summed E-state index contributed by atoms with van der Waals surface area (Å²) in [5.41, 5.74) is 0.143. The van der Waals surface area contributed by atoms with E-state index in [1.807, 2.05) is 0 Å². The van der Waals surface area contributed by atoms with Crippen LogP contribution in [0.2, 0.25) is 10.0 Å². The van der Waals surface area contributed by atoms with Gasteiger partial charge in [0.15, 0.2) is 11.5 Å². The fourth-order valence-electron chi connectivity index (χ4n) is 2.90. The number of rotatable bonds is 5. The Morgan fingerprint density at radius 3 is 2.69 bits per heavy atom.